The zero-order valence-corrected chi connectivity index (χ0v) is 12.8. The SMILES string of the molecule is CCC[C@]1(CC)[C@@H](C)CN1C(=O)OCc1ccccc1. The molecule has 2 atom stereocenters. The van der Waals surface area contributed by atoms with Gasteiger partial charge in [0.1, 0.15) is 6.61 Å². The zero-order valence-electron chi connectivity index (χ0n) is 12.8. The number of likely N-dealkylation sites (tertiary alicyclic amines) is 1. The molecule has 3 nitrogen and oxygen atoms in total. The Kier molecular flexibility index (Phi) is 4.69. The Labute approximate surface area is 121 Å². The van der Waals surface area contributed by atoms with Crippen molar-refractivity contribution in [3.05, 3.63) is 35.9 Å². The highest BCUT2D eigenvalue weighted by Gasteiger charge is 2.51. The Balaban J connectivity index is 1.95. The molecule has 1 saturated heterocycles. The van der Waals surface area contributed by atoms with E-state index in [4.69, 9.17) is 4.74 Å². The lowest BCUT2D eigenvalue weighted by molar-refractivity contribution is -0.0715. The first-order valence-corrected chi connectivity index (χ1v) is 7.62. The van der Waals surface area contributed by atoms with Gasteiger partial charge >= 0.3 is 6.09 Å². The van der Waals surface area contributed by atoms with Crippen molar-refractivity contribution in [2.24, 2.45) is 5.92 Å². The van der Waals surface area contributed by atoms with Crippen molar-refractivity contribution in [1.29, 1.82) is 0 Å². The van der Waals surface area contributed by atoms with E-state index in [1.807, 2.05) is 35.2 Å². The second-order valence-corrected chi connectivity index (χ2v) is 5.76. The van der Waals surface area contributed by atoms with Crippen LogP contribution in [0.5, 0.6) is 0 Å². The molecule has 20 heavy (non-hydrogen) atoms. The van der Waals surface area contributed by atoms with E-state index < -0.39 is 0 Å². The summed E-state index contributed by atoms with van der Waals surface area (Å²) in [5.41, 5.74) is 1.05. The van der Waals surface area contributed by atoms with Crippen molar-refractivity contribution in [2.75, 3.05) is 6.54 Å². The first kappa shape index (κ1) is 14.9. The van der Waals surface area contributed by atoms with Crippen molar-refractivity contribution in [3.8, 4) is 0 Å². The number of hydrogen-bond acceptors (Lipinski definition) is 2. The molecule has 1 aromatic carbocycles. The topological polar surface area (TPSA) is 29.5 Å². The van der Waals surface area contributed by atoms with Crippen LogP contribution in [0, 0.1) is 5.92 Å². The van der Waals surface area contributed by atoms with E-state index in [9.17, 15) is 4.79 Å². The molecule has 2 rings (SSSR count). The number of carbonyl (C=O) groups excluding carboxylic acids is 1. The second-order valence-electron chi connectivity index (χ2n) is 5.76. The van der Waals surface area contributed by atoms with E-state index in [1.165, 1.54) is 0 Å². The lowest BCUT2D eigenvalue weighted by atomic mass is 9.70. The summed E-state index contributed by atoms with van der Waals surface area (Å²) < 4.78 is 5.47. The lowest BCUT2D eigenvalue weighted by Gasteiger charge is -2.57. The molecule has 1 heterocycles. The largest absolute Gasteiger partial charge is 0.445 e. The maximum atomic E-state index is 12.3. The minimum Gasteiger partial charge on any atom is -0.445 e. The number of ether oxygens (including phenoxy) is 1. The van der Waals surface area contributed by atoms with Crippen molar-refractivity contribution in [1.82, 2.24) is 4.90 Å². The summed E-state index contributed by atoms with van der Waals surface area (Å²) in [6, 6.07) is 9.84. The molecule has 0 aromatic heterocycles. The molecule has 0 aliphatic carbocycles. The molecular formula is C17H25NO2. The summed E-state index contributed by atoms with van der Waals surface area (Å²) >= 11 is 0. The van der Waals surface area contributed by atoms with E-state index in [2.05, 4.69) is 20.8 Å². The normalized spacial score (nSPS) is 25.1. The van der Waals surface area contributed by atoms with Crippen LogP contribution in [0.4, 0.5) is 4.79 Å². The smallest absolute Gasteiger partial charge is 0.410 e. The maximum Gasteiger partial charge on any atom is 0.410 e. The molecule has 110 valence electrons. The summed E-state index contributed by atoms with van der Waals surface area (Å²) in [4.78, 5) is 14.2. The molecule has 1 amide bonds. The summed E-state index contributed by atoms with van der Waals surface area (Å²) in [6.45, 7) is 7.76. The Morgan fingerprint density at radius 1 is 1.35 bits per heavy atom. The van der Waals surface area contributed by atoms with Crippen LogP contribution in [0.3, 0.4) is 0 Å². The predicted octanol–water partition coefficient (Wildman–Crippen LogP) is 4.22. The van der Waals surface area contributed by atoms with Gasteiger partial charge in [-0.2, -0.15) is 0 Å². The molecule has 3 heteroatoms. The van der Waals surface area contributed by atoms with E-state index in [-0.39, 0.29) is 11.6 Å². The zero-order chi connectivity index (χ0) is 14.6. The van der Waals surface area contributed by atoms with Crippen LogP contribution < -0.4 is 0 Å². The Hall–Kier alpha value is -1.51. The fourth-order valence-electron chi connectivity index (χ4n) is 3.36. The van der Waals surface area contributed by atoms with Crippen LogP contribution in [0.15, 0.2) is 30.3 Å². The molecule has 0 saturated carbocycles. The predicted molar refractivity (Wildman–Crippen MR) is 80.4 cm³/mol. The van der Waals surface area contributed by atoms with Gasteiger partial charge in [-0.3, -0.25) is 0 Å². The third-order valence-corrected chi connectivity index (χ3v) is 4.63. The summed E-state index contributed by atoms with van der Waals surface area (Å²) in [5, 5.41) is 0. The van der Waals surface area contributed by atoms with Gasteiger partial charge in [-0.15, -0.1) is 0 Å². The maximum absolute atomic E-state index is 12.3. The van der Waals surface area contributed by atoms with Crippen molar-refractivity contribution >= 4 is 6.09 Å². The molecular weight excluding hydrogens is 250 g/mol. The third-order valence-electron chi connectivity index (χ3n) is 4.63. The lowest BCUT2D eigenvalue weighted by Crippen LogP contribution is -2.67. The molecule has 1 aliphatic rings. The number of hydrogen-bond donors (Lipinski definition) is 0. The number of carbonyl (C=O) groups is 1. The molecule has 0 spiro atoms. The number of amides is 1. The standard InChI is InChI=1S/C17H25NO2/c1-4-11-17(5-2)14(3)12-18(17)16(19)20-13-15-9-7-6-8-10-15/h6-10,14H,4-5,11-13H2,1-3H3/t14-,17+/m0/s1. The molecule has 1 aromatic rings. The monoisotopic (exact) mass is 275 g/mol. The van der Waals surface area contributed by atoms with E-state index in [0.29, 0.717) is 12.5 Å². The average molecular weight is 275 g/mol. The highest BCUT2D eigenvalue weighted by atomic mass is 16.6. The van der Waals surface area contributed by atoms with Gasteiger partial charge in [-0.05, 0) is 24.3 Å². The highest BCUT2D eigenvalue weighted by molar-refractivity contribution is 5.70. The van der Waals surface area contributed by atoms with Crippen LogP contribution in [0.2, 0.25) is 0 Å². The minimum atomic E-state index is -0.165. The van der Waals surface area contributed by atoms with Gasteiger partial charge in [-0.1, -0.05) is 57.5 Å². The molecule has 0 radical (unpaired) electrons. The Morgan fingerprint density at radius 3 is 2.60 bits per heavy atom. The summed E-state index contributed by atoms with van der Waals surface area (Å²) in [6.07, 6.45) is 3.00. The second kappa shape index (κ2) is 6.29. The number of benzene rings is 1. The highest BCUT2D eigenvalue weighted by Crippen LogP contribution is 2.43. The molecule has 0 unspecified atom stereocenters. The summed E-state index contributed by atoms with van der Waals surface area (Å²) in [7, 11) is 0. The van der Waals surface area contributed by atoms with Gasteiger partial charge in [0.05, 0.1) is 5.54 Å². The van der Waals surface area contributed by atoms with E-state index in [0.717, 1.165) is 31.4 Å². The van der Waals surface area contributed by atoms with Gasteiger partial charge in [0.15, 0.2) is 0 Å². The van der Waals surface area contributed by atoms with Gasteiger partial charge in [0, 0.05) is 6.54 Å². The van der Waals surface area contributed by atoms with Gasteiger partial charge in [0.25, 0.3) is 0 Å². The Bertz CT molecular complexity index is 446. The van der Waals surface area contributed by atoms with Crippen molar-refractivity contribution in [3.63, 3.8) is 0 Å². The molecule has 1 fully saturated rings. The van der Waals surface area contributed by atoms with Crippen molar-refractivity contribution < 1.29 is 9.53 Å². The van der Waals surface area contributed by atoms with Crippen LogP contribution in [-0.4, -0.2) is 23.1 Å². The number of nitrogens with zero attached hydrogens (tertiary/aromatic N) is 1. The molecule has 1 aliphatic heterocycles. The van der Waals surface area contributed by atoms with Crippen LogP contribution >= 0.6 is 0 Å². The third kappa shape index (κ3) is 2.67. The number of rotatable bonds is 5. The van der Waals surface area contributed by atoms with E-state index in [1.54, 1.807) is 0 Å². The minimum absolute atomic E-state index is 0.0164. The first-order chi connectivity index (χ1) is 9.64. The van der Waals surface area contributed by atoms with Crippen LogP contribution in [0.25, 0.3) is 0 Å². The van der Waals surface area contributed by atoms with Crippen LogP contribution in [-0.2, 0) is 11.3 Å². The first-order valence-electron chi connectivity index (χ1n) is 7.62. The van der Waals surface area contributed by atoms with Crippen molar-refractivity contribution in [2.45, 2.75) is 52.2 Å². The summed E-state index contributed by atoms with van der Waals surface area (Å²) in [5.74, 6) is 0.566. The molecule has 0 N–H and O–H groups in total. The van der Waals surface area contributed by atoms with Gasteiger partial charge in [0.2, 0.25) is 0 Å². The van der Waals surface area contributed by atoms with Gasteiger partial charge in [-0.25, -0.2) is 4.79 Å². The molecule has 0 bridgehead atoms. The van der Waals surface area contributed by atoms with Crippen LogP contribution in [0.1, 0.15) is 45.6 Å². The fourth-order valence-corrected chi connectivity index (χ4v) is 3.36. The fraction of sp³-hybridized carbons (Fsp3) is 0.588. The average Bonchev–Trinajstić information content (AvgIpc) is 2.48. The Morgan fingerprint density at radius 2 is 2.05 bits per heavy atom. The quantitative estimate of drug-likeness (QED) is 0.805. The van der Waals surface area contributed by atoms with E-state index >= 15 is 0 Å². The van der Waals surface area contributed by atoms with Gasteiger partial charge < -0.3 is 9.64 Å².